The van der Waals surface area contributed by atoms with Crippen LogP contribution in [0.2, 0.25) is 5.02 Å². The molecule has 0 spiro atoms. The van der Waals surface area contributed by atoms with Gasteiger partial charge in [-0.3, -0.25) is 4.98 Å². The van der Waals surface area contributed by atoms with Crippen molar-refractivity contribution in [2.45, 2.75) is 25.8 Å². The summed E-state index contributed by atoms with van der Waals surface area (Å²) in [5.41, 5.74) is 7.27. The number of nitrogens with one attached hydrogen (secondary N) is 1. The van der Waals surface area contributed by atoms with Gasteiger partial charge in [0.25, 0.3) is 0 Å². The standard InChI is InChI=1S/C28H24ClN5OS/c1-35-22-13-9-19(10-14-22)26-32-34-25(27(36)31-21-5-4-15-30-17-21)24(18-7-11-20(29)12-8-18)23-6-2-3-16-33(26)28(23)34/h4-5,7-15,17H,2-3,6,16H2,1H3,(H,31,36). The number of halogens is 1. The van der Waals surface area contributed by atoms with Crippen LogP contribution in [-0.4, -0.2) is 31.3 Å². The minimum atomic E-state index is 0.598. The van der Waals surface area contributed by atoms with Gasteiger partial charge < -0.3 is 14.6 Å². The fraction of sp³-hybridized carbons (Fsp3) is 0.179. The predicted molar refractivity (Wildman–Crippen MR) is 148 cm³/mol. The first-order valence-electron chi connectivity index (χ1n) is 11.9. The number of benzene rings is 2. The molecule has 6 nitrogen and oxygen atoms in total. The highest BCUT2D eigenvalue weighted by molar-refractivity contribution is 7.81. The normalized spacial score (nSPS) is 12.9. The Morgan fingerprint density at radius 2 is 1.81 bits per heavy atom. The molecular formula is C28H24ClN5OS. The van der Waals surface area contributed by atoms with Crippen molar-refractivity contribution in [1.29, 1.82) is 0 Å². The molecule has 0 saturated heterocycles. The lowest BCUT2D eigenvalue weighted by atomic mass is 9.98. The molecule has 8 heteroatoms. The molecule has 4 heterocycles. The second kappa shape index (κ2) is 9.41. The number of pyridine rings is 1. The van der Waals surface area contributed by atoms with Crippen LogP contribution in [0.25, 0.3) is 28.2 Å². The van der Waals surface area contributed by atoms with Crippen molar-refractivity contribution in [3.8, 4) is 28.3 Å². The Bertz CT molecular complexity index is 1560. The molecule has 2 aromatic carbocycles. The third kappa shape index (κ3) is 3.94. The third-order valence-corrected chi connectivity index (χ3v) is 7.15. The number of aryl methyl sites for hydroxylation is 2. The number of rotatable bonds is 5. The van der Waals surface area contributed by atoms with Crippen molar-refractivity contribution >= 4 is 40.1 Å². The topological polar surface area (TPSA) is 56.4 Å². The maximum Gasteiger partial charge on any atom is 0.162 e. The fourth-order valence-corrected chi connectivity index (χ4v) is 5.39. The molecule has 0 amide bonds. The van der Waals surface area contributed by atoms with E-state index in [0.717, 1.165) is 71.1 Å². The van der Waals surface area contributed by atoms with Crippen molar-refractivity contribution in [2.24, 2.45) is 0 Å². The molecule has 180 valence electrons. The molecule has 0 unspecified atom stereocenters. The van der Waals surface area contributed by atoms with Crippen LogP contribution >= 0.6 is 23.8 Å². The van der Waals surface area contributed by atoms with E-state index in [4.69, 9.17) is 33.7 Å². The van der Waals surface area contributed by atoms with E-state index >= 15 is 0 Å². The Morgan fingerprint density at radius 3 is 2.53 bits per heavy atom. The Hall–Kier alpha value is -3.68. The van der Waals surface area contributed by atoms with Gasteiger partial charge in [0.2, 0.25) is 0 Å². The number of thiocarbonyl (C=S) groups is 1. The molecule has 0 fully saturated rings. The number of hydrogen-bond acceptors (Lipinski definition) is 4. The van der Waals surface area contributed by atoms with Gasteiger partial charge in [0, 0.05) is 34.5 Å². The Kier molecular flexibility index (Phi) is 5.95. The molecule has 36 heavy (non-hydrogen) atoms. The van der Waals surface area contributed by atoms with Crippen LogP contribution in [-0.2, 0) is 13.0 Å². The quantitative estimate of drug-likeness (QED) is 0.267. The van der Waals surface area contributed by atoms with E-state index in [1.165, 1.54) is 5.56 Å². The van der Waals surface area contributed by atoms with Crippen molar-refractivity contribution in [1.82, 2.24) is 19.2 Å². The van der Waals surface area contributed by atoms with Gasteiger partial charge in [-0.05, 0) is 73.4 Å². The van der Waals surface area contributed by atoms with Crippen LogP contribution in [0, 0.1) is 0 Å². The predicted octanol–water partition coefficient (Wildman–Crippen LogP) is 6.65. The number of aromatic nitrogens is 4. The van der Waals surface area contributed by atoms with Crippen LogP contribution in [0.5, 0.6) is 5.75 Å². The highest BCUT2D eigenvalue weighted by Crippen LogP contribution is 2.39. The number of hydrogen-bond donors (Lipinski definition) is 1. The summed E-state index contributed by atoms with van der Waals surface area (Å²) in [6, 6.07) is 19.9. The van der Waals surface area contributed by atoms with Crippen molar-refractivity contribution in [2.75, 3.05) is 12.4 Å². The molecule has 0 saturated carbocycles. The summed E-state index contributed by atoms with van der Waals surface area (Å²) < 4.78 is 9.72. The highest BCUT2D eigenvalue weighted by atomic mass is 35.5. The van der Waals surface area contributed by atoms with E-state index in [1.54, 1.807) is 19.5 Å². The minimum absolute atomic E-state index is 0.598. The monoisotopic (exact) mass is 513 g/mol. The van der Waals surface area contributed by atoms with Gasteiger partial charge in [-0.25, -0.2) is 4.52 Å². The first kappa shape index (κ1) is 22.8. The van der Waals surface area contributed by atoms with Crippen LogP contribution in [0.3, 0.4) is 0 Å². The molecule has 1 aliphatic rings. The second-order valence-electron chi connectivity index (χ2n) is 8.80. The Morgan fingerprint density at radius 1 is 1.03 bits per heavy atom. The van der Waals surface area contributed by atoms with Crippen LogP contribution in [0.15, 0.2) is 73.1 Å². The summed E-state index contributed by atoms with van der Waals surface area (Å²) in [6.45, 7) is 0.893. The maximum absolute atomic E-state index is 6.24. The van der Waals surface area contributed by atoms with Crippen LogP contribution in [0.1, 0.15) is 24.1 Å². The second-order valence-corrected chi connectivity index (χ2v) is 9.65. The smallest absolute Gasteiger partial charge is 0.162 e. The minimum Gasteiger partial charge on any atom is -0.497 e. The maximum atomic E-state index is 6.24. The van der Waals surface area contributed by atoms with Gasteiger partial charge >= 0.3 is 0 Å². The Balaban J connectivity index is 1.60. The zero-order chi connectivity index (χ0) is 24.6. The van der Waals surface area contributed by atoms with E-state index < -0.39 is 0 Å². The number of methoxy groups -OCH3 is 1. The molecule has 1 aliphatic heterocycles. The fourth-order valence-electron chi connectivity index (χ4n) is 4.96. The lowest BCUT2D eigenvalue weighted by Crippen LogP contribution is -2.15. The first-order valence-corrected chi connectivity index (χ1v) is 12.7. The van der Waals surface area contributed by atoms with Crippen molar-refractivity contribution in [3.05, 3.63) is 89.3 Å². The zero-order valence-corrected chi connectivity index (χ0v) is 21.3. The van der Waals surface area contributed by atoms with E-state index in [-0.39, 0.29) is 0 Å². The van der Waals surface area contributed by atoms with E-state index in [1.807, 2.05) is 40.9 Å². The largest absolute Gasteiger partial charge is 0.497 e. The summed E-state index contributed by atoms with van der Waals surface area (Å²) in [4.78, 5) is 4.82. The lowest BCUT2D eigenvalue weighted by molar-refractivity contribution is 0.415. The van der Waals surface area contributed by atoms with Gasteiger partial charge in [0.1, 0.15) is 22.1 Å². The van der Waals surface area contributed by atoms with Gasteiger partial charge in [-0.15, -0.1) is 5.10 Å². The summed E-state index contributed by atoms with van der Waals surface area (Å²) in [7, 11) is 1.68. The molecule has 0 aliphatic carbocycles. The molecule has 6 rings (SSSR count). The van der Waals surface area contributed by atoms with E-state index in [0.29, 0.717) is 10.0 Å². The molecule has 0 atom stereocenters. The molecule has 1 N–H and O–H groups in total. The van der Waals surface area contributed by atoms with Gasteiger partial charge in [-0.2, -0.15) is 0 Å². The summed E-state index contributed by atoms with van der Waals surface area (Å²) in [5, 5.41) is 9.24. The van der Waals surface area contributed by atoms with Gasteiger partial charge in [0.05, 0.1) is 19.0 Å². The number of nitrogens with zero attached hydrogens (tertiary/aromatic N) is 4. The van der Waals surface area contributed by atoms with Crippen molar-refractivity contribution < 1.29 is 4.74 Å². The highest BCUT2D eigenvalue weighted by Gasteiger charge is 2.29. The van der Waals surface area contributed by atoms with E-state index in [2.05, 4.69) is 39.1 Å². The third-order valence-electron chi connectivity index (χ3n) is 6.60. The SMILES string of the molecule is COc1ccc(-c2nn3c(C(=S)Nc4cccnc4)c(-c4ccc(Cl)cc4)c4c3n2CCCC4)cc1. The van der Waals surface area contributed by atoms with E-state index in [9.17, 15) is 0 Å². The molecule has 0 bridgehead atoms. The molecular weight excluding hydrogens is 490 g/mol. The van der Waals surface area contributed by atoms with Gasteiger partial charge in [0.15, 0.2) is 5.82 Å². The van der Waals surface area contributed by atoms with Crippen LogP contribution in [0.4, 0.5) is 5.69 Å². The molecule has 3 aromatic heterocycles. The number of anilines is 1. The van der Waals surface area contributed by atoms with Crippen LogP contribution < -0.4 is 10.1 Å². The summed E-state index contributed by atoms with van der Waals surface area (Å²) in [6.07, 6.45) is 6.63. The average Bonchev–Trinajstić information content (AvgIpc) is 3.32. The Labute approximate surface area is 219 Å². The van der Waals surface area contributed by atoms with Gasteiger partial charge in [-0.1, -0.05) is 36.0 Å². The summed E-state index contributed by atoms with van der Waals surface area (Å²) in [5.74, 6) is 1.74. The zero-order valence-electron chi connectivity index (χ0n) is 19.7. The average molecular weight is 514 g/mol. The molecule has 5 aromatic rings. The van der Waals surface area contributed by atoms with Crippen molar-refractivity contribution in [3.63, 3.8) is 0 Å². The lowest BCUT2D eigenvalue weighted by Gasteiger charge is -2.11. The molecule has 0 radical (unpaired) electrons. The number of ether oxygens (including phenoxy) is 1. The summed E-state index contributed by atoms with van der Waals surface area (Å²) >= 11 is 12.2. The first-order chi connectivity index (χ1) is 17.6.